The zero-order valence-corrected chi connectivity index (χ0v) is 13.6. The molecule has 0 aliphatic carbocycles. The van der Waals surface area contributed by atoms with Crippen molar-refractivity contribution < 1.29 is 9.38 Å². The van der Waals surface area contributed by atoms with E-state index in [4.69, 9.17) is 11.6 Å². The van der Waals surface area contributed by atoms with Crippen LogP contribution < -0.4 is 10.3 Å². The van der Waals surface area contributed by atoms with Gasteiger partial charge in [-0.05, 0) is 24.3 Å². The summed E-state index contributed by atoms with van der Waals surface area (Å²) in [6.07, 6.45) is 1.11. The van der Waals surface area contributed by atoms with Crippen LogP contribution in [0.15, 0.2) is 47.4 Å². The lowest BCUT2D eigenvalue weighted by Crippen LogP contribution is -2.79. The Bertz CT molecular complexity index is 683. The average Bonchev–Trinajstić information content (AvgIpc) is 2.56. The molecule has 0 radical (unpaired) electrons. The van der Waals surface area contributed by atoms with Gasteiger partial charge < -0.3 is 0 Å². The third kappa shape index (κ3) is 3.45. The maximum absolute atomic E-state index is 13.9. The molecule has 114 valence electrons. The van der Waals surface area contributed by atoms with Gasteiger partial charge in [0.25, 0.3) is 5.84 Å². The van der Waals surface area contributed by atoms with Gasteiger partial charge in [-0.25, -0.2) is 4.39 Å². The van der Waals surface area contributed by atoms with Crippen LogP contribution in [0, 0.1) is 5.82 Å². The fourth-order valence-electron chi connectivity index (χ4n) is 2.39. The fourth-order valence-corrected chi connectivity index (χ4v) is 3.79. The van der Waals surface area contributed by atoms with Crippen LogP contribution in [0.3, 0.4) is 0 Å². The SMILES string of the molecule is Fc1cccc(Cl)c1CSc1ccccc1C1=[NH+]CCCN1. The van der Waals surface area contributed by atoms with E-state index in [1.165, 1.54) is 6.07 Å². The van der Waals surface area contributed by atoms with Crippen molar-refractivity contribution in [3.05, 3.63) is 64.4 Å². The first-order valence-electron chi connectivity index (χ1n) is 7.25. The quantitative estimate of drug-likeness (QED) is 0.840. The summed E-state index contributed by atoms with van der Waals surface area (Å²) in [4.78, 5) is 4.50. The summed E-state index contributed by atoms with van der Waals surface area (Å²) in [6, 6.07) is 13.0. The molecule has 0 fully saturated rings. The van der Waals surface area contributed by atoms with Crippen molar-refractivity contribution >= 4 is 29.2 Å². The zero-order chi connectivity index (χ0) is 15.4. The molecule has 0 bridgehead atoms. The third-order valence-corrected chi connectivity index (χ3v) is 5.00. The topological polar surface area (TPSA) is 26.0 Å². The molecule has 2 aromatic rings. The number of nitrogens with one attached hydrogen (secondary N) is 2. The number of rotatable bonds is 4. The highest BCUT2D eigenvalue weighted by molar-refractivity contribution is 7.98. The molecular weight excluding hydrogens is 319 g/mol. The summed E-state index contributed by atoms with van der Waals surface area (Å²) in [6.45, 7) is 1.95. The molecule has 5 heteroatoms. The molecule has 1 aliphatic rings. The molecular formula is C17H17ClFN2S+. The smallest absolute Gasteiger partial charge is 0.274 e. The molecule has 22 heavy (non-hydrogen) atoms. The molecule has 0 spiro atoms. The van der Waals surface area contributed by atoms with Gasteiger partial charge in [0.05, 0.1) is 18.7 Å². The molecule has 0 unspecified atom stereocenters. The second kappa shape index (κ2) is 7.16. The van der Waals surface area contributed by atoms with Gasteiger partial charge in [0.2, 0.25) is 0 Å². The van der Waals surface area contributed by atoms with Crippen molar-refractivity contribution in [2.24, 2.45) is 0 Å². The molecule has 0 saturated heterocycles. The number of amidine groups is 1. The first kappa shape index (κ1) is 15.4. The summed E-state index contributed by atoms with van der Waals surface area (Å²) >= 11 is 7.70. The number of hydrogen-bond acceptors (Lipinski definition) is 2. The fraction of sp³-hybridized carbons (Fsp3) is 0.235. The molecule has 3 rings (SSSR count). The molecule has 2 N–H and O–H groups in total. The molecule has 2 aromatic carbocycles. The highest BCUT2D eigenvalue weighted by Crippen LogP contribution is 2.30. The van der Waals surface area contributed by atoms with Gasteiger partial charge in [0, 0.05) is 27.7 Å². The van der Waals surface area contributed by atoms with Gasteiger partial charge in [0.1, 0.15) is 5.82 Å². The van der Waals surface area contributed by atoms with Crippen LogP contribution in [0.4, 0.5) is 4.39 Å². The second-order valence-corrected chi connectivity index (χ2v) is 6.49. The van der Waals surface area contributed by atoms with Crippen molar-refractivity contribution in [2.75, 3.05) is 13.1 Å². The Balaban J connectivity index is 1.83. The van der Waals surface area contributed by atoms with Gasteiger partial charge in [-0.3, -0.25) is 10.3 Å². The van der Waals surface area contributed by atoms with Crippen molar-refractivity contribution in [3.63, 3.8) is 0 Å². The van der Waals surface area contributed by atoms with Crippen LogP contribution in [-0.4, -0.2) is 18.9 Å². The van der Waals surface area contributed by atoms with Gasteiger partial charge in [-0.15, -0.1) is 11.8 Å². The Morgan fingerprint density at radius 2 is 2.05 bits per heavy atom. The standard InChI is InChI=1S/C17H16ClFN2S/c18-14-6-3-7-15(19)13(14)11-22-16-8-2-1-5-12(16)17-20-9-4-10-21-17/h1-3,5-8H,4,9-11H2,(H,20,21)/p+1. The van der Waals surface area contributed by atoms with Gasteiger partial charge in [-0.1, -0.05) is 29.8 Å². The van der Waals surface area contributed by atoms with Crippen LogP contribution >= 0.6 is 23.4 Å². The van der Waals surface area contributed by atoms with Gasteiger partial charge in [-0.2, -0.15) is 0 Å². The maximum atomic E-state index is 13.9. The third-order valence-electron chi connectivity index (χ3n) is 3.55. The predicted octanol–water partition coefficient (Wildman–Crippen LogP) is 2.59. The average molecular weight is 336 g/mol. The molecule has 0 aromatic heterocycles. The molecule has 2 nitrogen and oxygen atoms in total. The Labute approximate surface area is 138 Å². The van der Waals surface area contributed by atoms with Crippen LogP contribution in [0.2, 0.25) is 5.02 Å². The van der Waals surface area contributed by atoms with E-state index in [-0.39, 0.29) is 5.82 Å². The highest BCUT2D eigenvalue weighted by Gasteiger charge is 2.18. The lowest BCUT2D eigenvalue weighted by Gasteiger charge is -2.12. The molecule has 1 aliphatic heterocycles. The van der Waals surface area contributed by atoms with E-state index in [9.17, 15) is 4.39 Å². The Morgan fingerprint density at radius 1 is 1.18 bits per heavy atom. The highest BCUT2D eigenvalue weighted by atomic mass is 35.5. The lowest BCUT2D eigenvalue weighted by molar-refractivity contribution is -0.463. The normalized spacial score (nSPS) is 14.4. The van der Waals surface area contributed by atoms with Crippen molar-refractivity contribution in [2.45, 2.75) is 17.1 Å². The largest absolute Gasteiger partial charge is 0.276 e. The van der Waals surface area contributed by atoms with E-state index in [0.717, 1.165) is 35.8 Å². The first-order chi connectivity index (χ1) is 10.8. The van der Waals surface area contributed by atoms with Crippen LogP contribution in [0.25, 0.3) is 0 Å². The zero-order valence-electron chi connectivity index (χ0n) is 12.0. The van der Waals surface area contributed by atoms with E-state index in [0.29, 0.717) is 16.3 Å². The van der Waals surface area contributed by atoms with Crippen LogP contribution in [0.5, 0.6) is 0 Å². The van der Waals surface area contributed by atoms with Crippen molar-refractivity contribution in [1.29, 1.82) is 0 Å². The van der Waals surface area contributed by atoms with E-state index in [1.807, 2.05) is 12.1 Å². The Hall–Kier alpha value is -1.52. The number of thioether (sulfide) groups is 1. The number of benzene rings is 2. The second-order valence-electron chi connectivity index (χ2n) is 5.07. The lowest BCUT2D eigenvalue weighted by atomic mass is 10.2. The minimum Gasteiger partial charge on any atom is -0.274 e. The Morgan fingerprint density at radius 3 is 2.82 bits per heavy atom. The Kier molecular flexibility index (Phi) is 5.01. The number of halogens is 2. The molecule has 0 saturated carbocycles. The van der Waals surface area contributed by atoms with E-state index in [1.54, 1.807) is 23.9 Å². The summed E-state index contributed by atoms with van der Waals surface area (Å²) < 4.78 is 13.9. The predicted molar refractivity (Wildman–Crippen MR) is 90.0 cm³/mol. The number of hydrogen-bond donors (Lipinski definition) is 2. The maximum Gasteiger partial charge on any atom is 0.276 e. The van der Waals surface area contributed by atoms with E-state index < -0.39 is 0 Å². The van der Waals surface area contributed by atoms with Gasteiger partial charge >= 0.3 is 0 Å². The van der Waals surface area contributed by atoms with Crippen LogP contribution in [0.1, 0.15) is 17.5 Å². The molecule has 0 amide bonds. The minimum atomic E-state index is -0.251. The summed E-state index contributed by atoms with van der Waals surface area (Å²) in [5.41, 5.74) is 1.68. The van der Waals surface area contributed by atoms with E-state index >= 15 is 0 Å². The molecule has 0 atom stereocenters. The summed E-state index contributed by atoms with van der Waals surface area (Å²) in [5, 5.41) is 3.87. The van der Waals surface area contributed by atoms with Gasteiger partial charge in [0.15, 0.2) is 0 Å². The van der Waals surface area contributed by atoms with Crippen molar-refractivity contribution in [1.82, 2.24) is 5.32 Å². The first-order valence-corrected chi connectivity index (χ1v) is 8.62. The van der Waals surface area contributed by atoms with Crippen molar-refractivity contribution in [3.8, 4) is 0 Å². The summed E-state index contributed by atoms with van der Waals surface area (Å²) in [7, 11) is 0. The van der Waals surface area contributed by atoms with Crippen LogP contribution in [-0.2, 0) is 5.75 Å². The summed E-state index contributed by atoms with van der Waals surface area (Å²) in [5.74, 6) is 1.31. The van der Waals surface area contributed by atoms with E-state index in [2.05, 4.69) is 22.4 Å². The molecule has 1 heterocycles. The minimum absolute atomic E-state index is 0.251. The monoisotopic (exact) mass is 335 g/mol.